The van der Waals surface area contributed by atoms with E-state index in [9.17, 15) is 10.2 Å². The summed E-state index contributed by atoms with van der Waals surface area (Å²) in [4.78, 5) is 0. The van der Waals surface area contributed by atoms with Gasteiger partial charge >= 0.3 is 0 Å². The van der Waals surface area contributed by atoms with E-state index < -0.39 is 11.5 Å². The smallest absolute Gasteiger partial charge is 0.0624 e. The number of aliphatic hydroxyl groups is 2. The third-order valence-corrected chi connectivity index (χ3v) is 2.69. The Kier molecular flexibility index (Phi) is 6.50. The van der Waals surface area contributed by atoms with Gasteiger partial charge in [-0.15, -0.1) is 13.2 Å². The molecule has 0 saturated carbocycles. The van der Waals surface area contributed by atoms with E-state index >= 15 is 0 Å². The van der Waals surface area contributed by atoms with Crippen molar-refractivity contribution in [3.63, 3.8) is 0 Å². The fraction of sp³-hybridized carbons (Fsp3) is 0.667. The summed E-state index contributed by atoms with van der Waals surface area (Å²) >= 11 is 0. The minimum Gasteiger partial charge on any atom is -0.396 e. The fourth-order valence-electron chi connectivity index (χ4n) is 1.74. The van der Waals surface area contributed by atoms with E-state index in [0.717, 1.165) is 6.42 Å². The molecule has 14 heavy (non-hydrogen) atoms. The Morgan fingerprint density at radius 1 is 1.29 bits per heavy atom. The molecule has 0 aliphatic carbocycles. The lowest BCUT2D eigenvalue weighted by atomic mass is 9.75. The Labute approximate surface area is 87.0 Å². The number of hydrogen-bond donors (Lipinski definition) is 2. The lowest BCUT2D eigenvalue weighted by Gasteiger charge is -2.34. The van der Waals surface area contributed by atoms with Crippen LogP contribution in [0.25, 0.3) is 0 Å². The zero-order valence-corrected chi connectivity index (χ0v) is 9.08. The summed E-state index contributed by atoms with van der Waals surface area (Å²) in [5.41, 5.74) is -0.473. The van der Waals surface area contributed by atoms with Crippen molar-refractivity contribution in [1.29, 1.82) is 0 Å². The highest BCUT2D eigenvalue weighted by molar-refractivity contribution is 4.95. The molecule has 82 valence electrons. The lowest BCUT2D eigenvalue weighted by molar-refractivity contribution is -0.0192. The molecule has 0 bridgehead atoms. The van der Waals surface area contributed by atoms with Gasteiger partial charge in [0.15, 0.2) is 0 Å². The van der Waals surface area contributed by atoms with Gasteiger partial charge in [-0.3, -0.25) is 0 Å². The molecule has 0 aliphatic heterocycles. The highest BCUT2D eigenvalue weighted by Crippen LogP contribution is 2.33. The second-order valence-electron chi connectivity index (χ2n) is 3.81. The molecule has 0 aromatic rings. The molecule has 0 rings (SSSR count). The van der Waals surface area contributed by atoms with Crippen LogP contribution in [0.1, 0.15) is 32.6 Å². The minimum atomic E-state index is -0.478. The van der Waals surface area contributed by atoms with Crippen molar-refractivity contribution in [3.05, 3.63) is 25.3 Å². The van der Waals surface area contributed by atoms with Gasteiger partial charge in [0.05, 0.1) is 12.7 Å². The molecule has 0 fully saturated rings. The monoisotopic (exact) mass is 198 g/mol. The molecule has 0 aliphatic rings. The quantitative estimate of drug-likeness (QED) is 0.587. The molecule has 2 nitrogen and oxygen atoms in total. The Morgan fingerprint density at radius 2 is 1.79 bits per heavy atom. The molecule has 0 spiro atoms. The van der Waals surface area contributed by atoms with E-state index in [2.05, 4.69) is 13.2 Å². The molecule has 2 N–H and O–H groups in total. The Morgan fingerprint density at radius 3 is 2.07 bits per heavy atom. The van der Waals surface area contributed by atoms with Gasteiger partial charge in [0.1, 0.15) is 0 Å². The van der Waals surface area contributed by atoms with Gasteiger partial charge in [-0.05, 0) is 19.3 Å². The van der Waals surface area contributed by atoms with E-state index in [1.807, 2.05) is 6.92 Å². The van der Waals surface area contributed by atoms with E-state index in [1.54, 1.807) is 12.2 Å². The second-order valence-corrected chi connectivity index (χ2v) is 3.81. The molecule has 0 aromatic heterocycles. The Bertz CT molecular complexity index is 165. The third-order valence-electron chi connectivity index (χ3n) is 2.69. The van der Waals surface area contributed by atoms with Crippen molar-refractivity contribution >= 4 is 0 Å². The van der Waals surface area contributed by atoms with Crippen LogP contribution < -0.4 is 0 Å². The van der Waals surface area contributed by atoms with Crippen LogP contribution >= 0.6 is 0 Å². The second kappa shape index (κ2) is 6.80. The maximum absolute atomic E-state index is 9.97. The number of rotatable bonds is 8. The van der Waals surface area contributed by atoms with Crippen LogP contribution in [-0.4, -0.2) is 22.9 Å². The van der Waals surface area contributed by atoms with Crippen molar-refractivity contribution in [2.45, 2.75) is 38.7 Å². The SMILES string of the molecule is C=CCC(CO)(CC=C)C(O)CCC. The summed E-state index contributed by atoms with van der Waals surface area (Å²) in [5.74, 6) is 0. The van der Waals surface area contributed by atoms with Crippen LogP contribution in [0.2, 0.25) is 0 Å². The molecule has 2 heteroatoms. The average Bonchev–Trinajstić information content (AvgIpc) is 2.17. The van der Waals surface area contributed by atoms with Crippen molar-refractivity contribution in [3.8, 4) is 0 Å². The van der Waals surface area contributed by atoms with E-state index in [1.165, 1.54) is 0 Å². The largest absolute Gasteiger partial charge is 0.396 e. The maximum atomic E-state index is 9.97. The van der Waals surface area contributed by atoms with Crippen LogP contribution in [0.15, 0.2) is 25.3 Å². The summed E-state index contributed by atoms with van der Waals surface area (Å²) in [5, 5.41) is 19.3. The lowest BCUT2D eigenvalue weighted by Crippen LogP contribution is -2.38. The van der Waals surface area contributed by atoms with Crippen molar-refractivity contribution < 1.29 is 10.2 Å². The van der Waals surface area contributed by atoms with Gasteiger partial charge in [-0.25, -0.2) is 0 Å². The van der Waals surface area contributed by atoms with Gasteiger partial charge in [-0.2, -0.15) is 0 Å². The molecular weight excluding hydrogens is 176 g/mol. The van der Waals surface area contributed by atoms with Gasteiger partial charge in [0.2, 0.25) is 0 Å². The van der Waals surface area contributed by atoms with Gasteiger partial charge in [0, 0.05) is 5.41 Å². The highest BCUT2D eigenvalue weighted by Gasteiger charge is 2.34. The van der Waals surface area contributed by atoms with Crippen molar-refractivity contribution in [2.75, 3.05) is 6.61 Å². The first-order valence-corrected chi connectivity index (χ1v) is 5.17. The average molecular weight is 198 g/mol. The zero-order chi connectivity index (χ0) is 11.0. The van der Waals surface area contributed by atoms with Crippen LogP contribution in [0.4, 0.5) is 0 Å². The van der Waals surface area contributed by atoms with E-state index in [-0.39, 0.29) is 6.61 Å². The summed E-state index contributed by atoms with van der Waals surface area (Å²) in [6.07, 6.45) is 5.89. The molecule has 0 amide bonds. The topological polar surface area (TPSA) is 40.5 Å². The fourth-order valence-corrected chi connectivity index (χ4v) is 1.74. The zero-order valence-electron chi connectivity index (χ0n) is 9.08. The molecular formula is C12H22O2. The van der Waals surface area contributed by atoms with Crippen LogP contribution in [0, 0.1) is 5.41 Å². The number of aliphatic hydroxyl groups excluding tert-OH is 2. The summed E-state index contributed by atoms with van der Waals surface area (Å²) in [6.45, 7) is 9.32. The van der Waals surface area contributed by atoms with Gasteiger partial charge in [0.25, 0.3) is 0 Å². The van der Waals surface area contributed by atoms with Gasteiger partial charge in [-0.1, -0.05) is 25.5 Å². The van der Waals surface area contributed by atoms with Crippen LogP contribution in [0.3, 0.4) is 0 Å². The standard InChI is InChI=1S/C12H22O2/c1-4-7-11(14)12(10-13,8-5-2)9-6-3/h5-6,11,13-14H,2-4,7-10H2,1H3. The van der Waals surface area contributed by atoms with Crippen LogP contribution in [0.5, 0.6) is 0 Å². The first-order chi connectivity index (χ1) is 6.66. The molecule has 0 heterocycles. The highest BCUT2D eigenvalue weighted by atomic mass is 16.3. The van der Waals surface area contributed by atoms with E-state index in [0.29, 0.717) is 19.3 Å². The van der Waals surface area contributed by atoms with E-state index in [4.69, 9.17) is 0 Å². The normalized spacial score (nSPS) is 13.6. The van der Waals surface area contributed by atoms with Gasteiger partial charge < -0.3 is 10.2 Å². The third kappa shape index (κ3) is 3.28. The predicted octanol–water partition coefficient (Wildman–Crippen LogP) is 2.28. The summed E-state index contributed by atoms with van der Waals surface area (Å²) in [7, 11) is 0. The molecule has 1 atom stereocenters. The number of hydrogen-bond acceptors (Lipinski definition) is 2. The Balaban J connectivity index is 4.60. The predicted molar refractivity (Wildman–Crippen MR) is 60.1 cm³/mol. The first kappa shape index (κ1) is 13.4. The number of allylic oxidation sites excluding steroid dienone is 2. The first-order valence-electron chi connectivity index (χ1n) is 5.17. The summed E-state index contributed by atoms with van der Waals surface area (Å²) < 4.78 is 0. The molecule has 1 unspecified atom stereocenters. The molecule has 0 radical (unpaired) electrons. The van der Waals surface area contributed by atoms with Crippen LogP contribution in [-0.2, 0) is 0 Å². The summed E-state index contributed by atoms with van der Waals surface area (Å²) in [6, 6.07) is 0. The van der Waals surface area contributed by atoms with Crippen molar-refractivity contribution in [2.24, 2.45) is 5.41 Å². The maximum Gasteiger partial charge on any atom is 0.0624 e. The van der Waals surface area contributed by atoms with Crippen molar-refractivity contribution in [1.82, 2.24) is 0 Å². The Hall–Kier alpha value is -0.600. The molecule has 0 saturated heterocycles. The minimum absolute atomic E-state index is 0.0216. The molecule has 0 aromatic carbocycles.